The number of hydrogen-bond donors (Lipinski definition) is 1. The molecule has 2 aromatic rings. The molecule has 1 aromatic carbocycles. The molecule has 1 atom stereocenters. The van der Waals surface area contributed by atoms with E-state index in [0.29, 0.717) is 13.1 Å². The number of hydrogen-bond acceptors (Lipinski definition) is 2. The number of nitrogens with one attached hydrogen (secondary N) is 1. The van der Waals surface area contributed by atoms with E-state index < -0.39 is 6.04 Å². The van der Waals surface area contributed by atoms with Gasteiger partial charge in [-0.15, -0.1) is 0 Å². The number of rotatable bonds is 7. The zero-order valence-corrected chi connectivity index (χ0v) is 16.8. The number of benzene rings is 1. The summed E-state index contributed by atoms with van der Waals surface area (Å²) in [7, 11) is 0. The highest BCUT2D eigenvalue weighted by Crippen LogP contribution is 2.21. The van der Waals surface area contributed by atoms with Crippen LogP contribution in [-0.4, -0.2) is 40.4 Å². The van der Waals surface area contributed by atoms with Gasteiger partial charge in [-0.05, 0) is 64.5 Å². The second-order valence-electron chi connectivity index (χ2n) is 6.57. The van der Waals surface area contributed by atoms with Crippen molar-refractivity contribution in [2.45, 2.75) is 40.7 Å². The highest BCUT2D eigenvalue weighted by Gasteiger charge is 2.19. The summed E-state index contributed by atoms with van der Waals surface area (Å²) in [5.41, 5.74) is 4.24. The lowest BCUT2D eigenvalue weighted by Gasteiger charge is -2.23. The molecule has 5 nitrogen and oxygen atoms in total. The van der Waals surface area contributed by atoms with E-state index in [2.05, 4.69) is 28.1 Å². The molecule has 0 aliphatic heterocycles. The first-order chi connectivity index (χ1) is 12.9. The van der Waals surface area contributed by atoms with E-state index in [1.807, 2.05) is 45.9 Å². The van der Waals surface area contributed by atoms with Gasteiger partial charge in [-0.2, -0.15) is 0 Å². The van der Waals surface area contributed by atoms with Crippen molar-refractivity contribution in [1.82, 2.24) is 14.8 Å². The molecule has 0 aliphatic carbocycles. The first-order valence-corrected chi connectivity index (χ1v) is 9.40. The van der Waals surface area contributed by atoms with Gasteiger partial charge < -0.3 is 14.8 Å². The normalized spacial score (nSPS) is 12.2. The van der Waals surface area contributed by atoms with E-state index in [1.165, 1.54) is 6.08 Å². The Bertz CT molecular complexity index is 818. The molecule has 1 aromatic heterocycles. The van der Waals surface area contributed by atoms with Crippen LogP contribution < -0.4 is 5.32 Å². The molecule has 27 heavy (non-hydrogen) atoms. The maximum Gasteiger partial charge on any atom is 0.244 e. The van der Waals surface area contributed by atoms with E-state index in [-0.39, 0.29) is 11.8 Å². The summed E-state index contributed by atoms with van der Waals surface area (Å²) in [5, 5.41) is 2.75. The molecule has 0 bridgehead atoms. The van der Waals surface area contributed by atoms with Crippen LogP contribution in [0.3, 0.4) is 0 Å². The first-order valence-electron chi connectivity index (χ1n) is 9.40. The lowest BCUT2D eigenvalue weighted by Crippen LogP contribution is -2.46. The maximum atomic E-state index is 12.3. The number of carbonyl (C=O) groups is 2. The van der Waals surface area contributed by atoms with Crippen LogP contribution >= 0.6 is 0 Å². The van der Waals surface area contributed by atoms with Crippen LogP contribution in [0.5, 0.6) is 0 Å². The summed E-state index contributed by atoms with van der Waals surface area (Å²) in [5.74, 6) is -0.337. The van der Waals surface area contributed by atoms with Gasteiger partial charge >= 0.3 is 0 Å². The van der Waals surface area contributed by atoms with Crippen LogP contribution in [0.25, 0.3) is 11.8 Å². The van der Waals surface area contributed by atoms with Gasteiger partial charge in [0.25, 0.3) is 0 Å². The molecule has 0 fully saturated rings. The zero-order chi connectivity index (χ0) is 20.0. The predicted molar refractivity (Wildman–Crippen MR) is 110 cm³/mol. The molecule has 0 saturated carbocycles. The predicted octanol–water partition coefficient (Wildman–Crippen LogP) is 3.48. The van der Waals surface area contributed by atoms with E-state index in [9.17, 15) is 9.59 Å². The number of aromatic nitrogens is 1. The Hall–Kier alpha value is -2.82. The fourth-order valence-corrected chi connectivity index (χ4v) is 3.23. The Kier molecular flexibility index (Phi) is 6.99. The average molecular weight is 367 g/mol. The van der Waals surface area contributed by atoms with Crippen LogP contribution in [0.15, 0.2) is 42.5 Å². The van der Waals surface area contributed by atoms with Crippen molar-refractivity contribution in [3.63, 3.8) is 0 Å². The minimum atomic E-state index is -0.543. The second-order valence-corrected chi connectivity index (χ2v) is 6.57. The third-order valence-electron chi connectivity index (χ3n) is 4.70. The molecule has 0 saturated heterocycles. The molecule has 0 radical (unpaired) electrons. The van der Waals surface area contributed by atoms with Gasteiger partial charge in [0.2, 0.25) is 11.8 Å². The first kappa shape index (κ1) is 20.5. The Balaban J connectivity index is 2.10. The Morgan fingerprint density at radius 1 is 1.15 bits per heavy atom. The highest BCUT2D eigenvalue weighted by molar-refractivity contribution is 5.95. The summed E-state index contributed by atoms with van der Waals surface area (Å²) < 4.78 is 2.16. The topological polar surface area (TPSA) is 54.3 Å². The zero-order valence-electron chi connectivity index (χ0n) is 16.8. The third kappa shape index (κ3) is 4.88. The quantitative estimate of drug-likeness (QED) is 0.762. The van der Waals surface area contributed by atoms with Crippen LogP contribution in [0.4, 0.5) is 0 Å². The summed E-state index contributed by atoms with van der Waals surface area (Å²) in [6.45, 7) is 10.9. The van der Waals surface area contributed by atoms with E-state index >= 15 is 0 Å². The molecule has 0 aliphatic rings. The van der Waals surface area contributed by atoms with Gasteiger partial charge in [0.05, 0.1) is 0 Å². The monoisotopic (exact) mass is 367 g/mol. The molecular formula is C22H29N3O2. The standard InChI is InChI=1S/C22H29N3O2/c1-6-24(7-2)22(27)17(4)23-21(26)14-13-19-15-16(3)25(18(19)5)20-11-9-8-10-12-20/h8-15,17H,6-7H2,1-5H3,(H,23,26)/b14-13+. The van der Waals surface area contributed by atoms with Gasteiger partial charge in [-0.3, -0.25) is 9.59 Å². The fourth-order valence-electron chi connectivity index (χ4n) is 3.23. The van der Waals surface area contributed by atoms with Gasteiger partial charge in [-0.25, -0.2) is 0 Å². The van der Waals surface area contributed by atoms with Gasteiger partial charge in [0, 0.05) is 36.2 Å². The molecule has 0 spiro atoms. The largest absolute Gasteiger partial charge is 0.341 e. The lowest BCUT2D eigenvalue weighted by molar-refractivity contribution is -0.134. The minimum Gasteiger partial charge on any atom is -0.341 e. The lowest BCUT2D eigenvalue weighted by atomic mass is 10.2. The number of para-hydroxylation sites is 1. The molecule has 2 rings (SSSR count). The number of nitrogens with zero attached hydrogens (tertiary/aromatic N) is 2. The minimum absolute atomic E-state index is 0.0657. The number of likely N-dealkylation sites (N-methyl/N-ethyl adjacent to an activating group) is 1. The van der Waals surface area contributed by atoms with Crippen molar-refractivity contribution in [1.29, 1.82) is 0 Å². The maximum absolute atomic E-state index is 12.3. The van der Waals surface area contributed by atoms with E-state index in [0.717, 1.165) is 22.6 Å². The van der Waals surface area contributed by atoms with Gasteiger partial charge in [-0.1, -0.05) is 18.2 Å². The smallest absolute Gasteiger partial charge is 0.244 e. The van der Waals surface area contributed by atoms with E-state index in [4.69, 9.17) is 0 Å². The Morgan fingerprint density at radius 3 is 2.37 bits per heavy atom. The van der Waals surface area contributed by atoms with Crippen LogP contribution in [0, 0.1) is 13.8 Å². The van der Waals surface area contributed by atoms with Crippen molar-refractivity contribution in [2.75, 3.05) is 13.1 Å². The van der Waals surface area contributed by atoms with Crippen LogP contribution in [-0.2, 0) is 9.59 Å². The summed E-state index contributed by atoms with van der Waals surface area (Å²) in [6, 6.07) is 11.6. The Morgan fingerprint density at radius 2 is 1.78 bits per heavy atom. The van der Waals surface area contributed by atoms with Crippen molar-refractivity contribution in [3.8, 4) is 5.69 Å². The molecule has 1 heterocycles. The molecule has 1 N–H and O–H groups in total. The molecule has 5 heteroatoms. The van der Waals surface area contributed by atoms with E-state index in [1.54, 1.807) is 17.9 Å². The van der Waals surface area contributed by atoms with Gasteiger partial charge in [0.15, 0.2) is 0 Å². The van der Waals surface area contributed by atoms with Crippen molar-refractivity contribution < 1.29 is 9.59 Å². The number of carbonyl (C=O) groups excluding carboxylic acids is 2. The highest BCUT2D eigenvalue weighted by atomic mass is 16.2. The van der Waals surface area contributed by atoms with Crippen LogP contribution in [0.2, 0.25) is 0 Å². The molecule has 1 unspecified atom stereocenters. The number of amides is 2. The number of aryl methyl sites for hydroxylation is 1. The molecule has 144 valence electrons. The fraction of sp³-hybridized carbons (Fsp3) is 0.364. The Labute approximate surface area is 161 Å². The van der Waals surface area contributed by atoms with Crippen molar-refractivity contribution >= 4 is 17.9 Å². The van der Waals surface area contributed by atoms with Gasteiger partial charge in [0.1, 0.15) is 6.04 Å². The average Bonchev–Trinajstić information content (AvgIpc) is 2.95. The second kappa shape index (κ2) is 9.21. The van der Waals surface area contributed by atoms with Crippen molar-refractivity contribution in [2.24, 2.45) is 0 Å². The SMILES string of the molecule is CCN(CC)C(=O)C(C)NC(=O)/C=C/c1cc(C)n(-c2ccccc2)c1C. The third-order valence-corrected chi connectivity index (χ3v) is 4.70. The summed E-state index contributed by atoms with van der Waals surface area (Å²) in [6.07, 6.45) is 3.29. The molecule has 2 amide bonds. The molecular weight excluding hydrogens is 338 g/mol. The summed E-state index contributed by atoms with van der Waals surface area (Å²) >= 11 is 0. The van der Waals surface area contributed by atoms with Crippen LogP contribution in [0.1, 0.15) is 37.7 Å². The summed E-state index contributed by atoms with van der Waals surface area (Å²) in [4.78, 5) is 26.2. The van der Waals surface area contributed by atoms with Crippen molar-refractivity contribution in [3.05, 3.63) is 59.4 Å².